The molecule has 5 nitrogen and oxygen atoms in total. The molecule has 1 aromatic rings. The lowest BCUT2D eigenvalue weighted by Gasteiger charge is -2.11. The standard InChI is InChI=1S/C12H18ClN3O2S/c1-4-19(17,18)11-6-9(5-10(13)7-11)8-15-12(14)16(2)3/h5-7H,4,8H2,1-3H3,(H2,14,15). The molecule has 0 fully saturated rings. The van der Waals surface area contributed by atoms with Crippen LogP contribution < -0.4 is 5.73 Å². The normalized spacial score (nSPS) is 12.5. The summed E-state index contributed by atoms with van der Waals surface area (Å²) in [5.74, 6) is 0.412. The number of guanidine groups is 1. The summed E-state index contributed by atoms with van der Waals surface area (Å²) in [6.07, 6.45) is 0. The van der Waals surface area contributed by atoms with Gasteiger partial charge in [0.15, 0.2) is 15.8 Å². The Morgan fingerprint density at radius 3 is 2.53 bits per heavy atom. The Balaban J connectivity index is 3.08. The fourth-order valence-electron chi connectivity index (χ4n) is 1.37. The molecule has 0 bridgehead atoms. The molecule has 0 atom stereocenters. The molecule has 0 saturated heterocycles. The highest BCUT2D eigenvalue weighted by molar-refractivity contribution is 7.91. The Morgan fingerprint density at radius 1 is 1.37 bits per heavy atom. The van der Waals surface area contributed by atoms with Gasteiger partial charge in [0.2, 0.25) is 0 Å². The fraction of sp³-hybridized carbons (Fsp3) is 0.417. The van der Waals surface area contributed by atoms with Crippen LogP contribution in [0.2, 0.25) is 5.02 Å². The number of aliphatic imine (C=N–C) groups is 1. The summed E-state index contributed by atoms with van der Waals surface area (Å²) < 4.78 is 23.6. The first-order chi connectivity index (χ1) is 8.76. The first kappa shape index (κ1) is 15.8. The average molecular weight is 304 g/mol. The molecule has 0 spiro atoms. The minimum Gasteiger partial charge on any atom is -0.370 e. The van der Waals surface area contributed by atoms with Crippen LogP contribution in [0.25, 0.3) is 0 Å². The van der Waals surface area contributed by atoms with Crippen molar-refractivity contribution in [2.24, 2.45) is 10.7 Å². The third kappa shape index (κ3) is 4.40. The maximum absolute atomic E-state index is 11.8. The van der Waals surface area contributed by atoms with Gasteiger partial charge < -0.3 is 10.6 Å². The van der Waals surface area contributed by atoms with E-state index < -0.39 is 9.84 Å². The Hall–Kier alpha value is -1.27. The van der Waals surface area contributed by atoms with Gasteiger partial charge in [-0.15, -0.1) is 0 Å². The first-order valence-corrected chi connectivity index (χ1v) is 7.78. The monoisotopic (exact) mass is 303 g/mol. The second-order valence-corrected chi connectivity index (χ2v) is 6.98. The second kappa shape index (κ2) is 6.25. The lowest BCUT2D eigenvalue weighted by atomic mass is 10.2. The number of hydrogen-bond acceptors (Lipinski definition) is 3. The van der Waals surface area contributed by atoms with E-state index in [9.17, 15) is 8.42 Å². The summed E-state index contributed by atoms with van der Waals surface area (Å²) in [6, 6.07) is 4.71. The van der Waals surface area contributed by atoms with Crippen molar-refractivity contribution in [3.8, 4) is 0 Å². The van der Waals surface area contributed by atoms with Crippen molar-refractivity contribution in [1.29, 1.82) is 0 Å². The minimum atomic E-state index is -3.27. The van der Waals surface area contributed by atoms with Crippen LogP contribution in [-0.2, 0) is 16.4 Å². The molecule has 0 aromatic heterocycles. The lowest BCUT2D eigenvalue weighted by molar-refractivity contribution is 0.597. The van der Waals surface area contributed by atoms with Gasteiger partial charge >= 0.3 is 0 Å². The van der Waals surface area contributed by atoms with Crippen molar-refractivity contribution in [3.63, 3.8) is 0 Å². The molecule has 0 aliphatic carbocycles. The van der Waals surface area contributed by atoms with Crippen LogP contribution in [-0.4, -0.2) is 39.1 Å². The number of halogens is 1. The molecule has 0 aliphatic heterocycles. The zero-order valence-electron chi connectivity index (χ0n) is 11.2. The Bertz CT molecular complexity index is 583. The van der Waals surface area contributed by atoms with Gasteiger partial charge in [-0.1, -0.05) is 18.5 Å². The van der Waals surface area contributed by atoms with Gasteiger partial charge in [0.25, 0.3) is 0 Å². The highest BCUT2D eigenvalue weighted by Gasteiger charge is 2.13. The quantitative estimate of drug-likeness (QED) is 0.676. The molecule has 2 N–H and O–H groups in total. The molecule has 0 heterocycles. The summed E-state index contributed by atoms with van der Waals surface area (Å²) in [5.41, 5.74) is 6.39. The molecular weight excluding hydrogens is 286 g/mol. The van der Waals surface area contributed by atoms with Gasteiger partial charge in [-0.3, -0.25) is 0 Å². The van der Waals surface area contributed by atoms with E-state index in [1.807, 2.05) is 0 Å². The topological polar surface area (TPSA) is 75.8 Å². The first-order valence-electron chi connectivity index (χ1n) is 5.75. The van der Waals surface area contributed by atoms with Crippen LogP contribution >= 0.6 is 11.6 Å². The van der Waals surface area contributed by atoms with E-state index in [1.54, 1.807) is 38.1 Å². The zero-order chi connectivity index (χ0) is 14.6. The van der Waals surface area contributed by atoms with Crippen molar-refractivity contribution >= 4 is 27.4 Å². The van der Waals surface area contributed by atoms with Crippen LogP contribution in [0.4, 0.5) is 0 Å². The second-order valence-electron chi connectivity index (χ2n) is 4.27. The molecule has 106 valence electrons. The predicted molar refractivity (Wildman–Crippen MR) is 78.2 cm³/mol. The number of nitrogens with zero attached hydrogens (tertiary/aromatic N) is 2. The number of sulfone groups is 1. The van der Waals surface area contributed by atoms with Crippen molar-refractivity contribution in [1.82, 2.24) is 4.90 Å². The van der Waals surface area contributed by atoms with Crippen molar-refractivity contribution < 1.29 is 8.42 Å². The van der Waals surface area contributed by atoms with E-state index in [0.717, 1.165) is 0 Å². The summed E-state index contributed by atoms with van der Waals surface area (Å²) in [5, 5.41) is 0.378. The van der Waals surface area contributed by atoms with Gasteiger partial charge in [-0.2, -0.15) is 0 Å². The Morgan fingerprint density at radius 2 is 2.00 bits per heavy atom. The summed E-state index contributed by atoms with van der Waals surface area (Å²) >= 11 is 5.94. The Labute approximate surface area is 119 Å². The van der Waals surface area contributed by atoms with Gasteiger partial charge in [0.1, 0.15) is 0 Å². The molecule has 1 rings (SSSR count). The van der Waals surface area contributed by atoms with E-state index in [1.165, 1.54) is 6.07 Å². The number of nitrogens with two attached hydrogens (primary N) is 1. The smallest absolute Gasteiger partial charge is 0.191 e. The van der Waals surface area contributed by atoms with Gasteiger partial charge in [0.05, 0.1) is 17.2 Å². The van der Waals surface area contributed by atoms with Crippen LogP contribution in [0.5, 0.6) is 0 Å². The van der Waals surface area contributed by atoms with E-state index in [-0.39, 0.29) is 17.2 Å². The molecule has 19 heavy (non-hydrogen) atoms. The van der Waals surface area contributed by atoms with Crippen LogP contribution in [0.1, 0.15) is 12.5 Å². The highest BCUT2D eigenvalue weighted by Crippen LogP contribution is 2.20. The SMILES string of the molecule is CCS(=O)(=O)c1cc(Cl)cc(CN=C(N)N(C)C)c1. The van der Waals surface area contributed by atoms with Gasteiger partial charge in [0, 0.05) is 19.1 Å². The summed E-state index contributed by atoms with van der Waals surface area (Å²) in [7, 11) is 0.290. The van der Waals surface area contributed by atoms with Crippen molar-refractivity contribution in [2.75, 3.05) is 19.8 Å². The summed E-state index contributed by atoms with van der Waals surface area (Å²) in [4.78, 5) is 6.04. The van der Waals surface area contributed by atoms with Crippen LogP contribution in [0.3, 0.4) is 0 Å². The molecule has 0 amide bonds. The minimum absolute atomic E-state index is 0.0376. The largest absolute Gasteiger partial charge is 0.370 e. The van der Waals surface area contributed by atoms with E-state index in [2.05, 4.69) is 4.99 Å². The van der Waals surface area contributed by atoms with E-state index in [4.69, 9.17) is 17.3 Å². The molecular formula is C12H18ClN3O2S. The van der Waals surface area contributed by atoms with Crippen LogP contribution in [0, 0.1) is 0 Å². The maximum atomic E-state index is 11.8. The molecule has 0 unspecified atom stereocenters. The molecule has 1 aromatic carbocycles. The van der Waals surface area contributed by atoms with Crippen molar-refractivity contribution in [3.05, 3.63) is 28.8 Å². The third-order valence-corrected chi connectivity index (χ3v) is 4.48. The van der Waals surface area contributed by atoms with E-state index in [0.29, 0.717) is 16.5 Å². The number of rotatable bonds is 4. The van der Waals surface area contributed by atoms with E-state index >= 15 is 0 Å². The highest BCUT2D eigenvalue weighted by atomic mass is 35.5. The maximum Gasteiger partial charge on any atom is 0.191 e. The van der Waals surface area contributed by atoms with Gasteiger partial charge in [-0.05, 0) is 23.8 Å². The average Bonchev–Trinajstić information content (AvgIpc) is 2.35. The zero-order valence-corrected chi connectivity index (χ0v) is 12.8. The molecule has 0 radical (unpaired) electrons. The van der Waals surface area contributed by atoms with Crippen molar-refractivity contribution in [2.45, 2.75) is 18.4 Å². The Kier molecular flexibility index (Phi) is 5.20. The van der Waals surface area contributed by atoms with Crippen LogP contribution in [0.15, 0.2) is 28.1 Å². The van der Waals surface area contributed by atoms with Gasteiger partial charge in [-0.25, -0.2) is 13.4 Å². The fourth-order valence-corrected chi connectivity index (χ4v) is 2.67. The molecule has 0 saturated carbocycles. The third-order valence-electron chi connectivity index (χ3n) is 2.55. The lowest BCUT2D eigenvalue weighted by Crippen LogP contribution is -2.30. The molecule has 7 heteroatoms. The summed E-state index contributed by atoms with van der Waals surface area (Å²) in [6.45, 7) is 1.88. The predicted octanol–water partition coefficient (Wildman–Crippen LogP) is 1.51. The number of benzene rings is 1. The molecule has 0 aliphatic rings. The number of hydrogen-bond donors (Lipinski definition) is 1.